The summed E-state index contributed by atoms with van der Waals surface area (Å²) in [5.74, 6) is -1.14. The lowest BCUT2D eigenvalue weighted by molar-refractivity contribution is -0.137. The highest BCUT2D eigenvalue weighted by molar-refractivity contribution is 7.92. The topological polar surface area (TPSA) is 130 Å². The number of alkyl halides is 3. The van der Waals surface area contributed by atoms with E-state index >= 15 is 0 Å². The van der Waals surface area contributed by atoms with Gasteiger partial charge in [0.15, 0.2) is 0 Å². The van der Waals surface area contributed by atoms with Crippen LogP contribution in [0.15, 0.2) is 42.6 Å². The van der Waals surface area contributed by atoms with Gasteiger partial charge in [-0.1, -0.05) is 12.1 Å². The van der Waals surface area contributed by atoms with Crippen molar-refractivity contribution in [1.82, 2.24) is 9.97 Å². The van der Waals surface area contributed by atoms with Gasteiger partial charge in [-0.25, -0.2) is 13.4 Å². The van der Waals surface area contributed by atoms with Gasteiger partial charge in [-0.3, -0.25) is 9.10 Å². The molecular formula is C23H25F3N6O3S. The van der Waals surface area contributed by atoms with Crippen molar-refractivity contribution in [2.24, 2.45) is 5.73 Å². The molecule has 4 N–H and O–H groups in total. The molecule has 0 aliphatic rings. The average Bonchev–Trinajstić information content (AvgIpc) is 2.79. The number of nitrogens with two attached hydrogens (primary N) is 1. The van der Waals surface area contributed by atoms with Crippen molar-refractivity contribution >= 4 is 39.1 Å². The third-order valence-corrected chi connectivity index (χ3v) is 6.83. The first-order valence-electron chi connectivity index (χ1n) is 10.6. The fourth-order valence-corrected chi connectivity index (χ4v) is 3.86. The minimum absolute atomic E-state index is 0.0591. The molecule has 0 saturated carbocycles. The minimum atomic E-state index is -4.71. The Labute approximate surface area is 206 Å². The summed E-state index contributed by atoms with van der Waals surface area (Å²) in [4.78, 5) is 19.4. The molecule has 0 aliphatic heterocycles. The third-order valence-electron chi connectivity index (χ3n) is 5.62. The standard InChI is InChI=1S/C23H25F3N6O3S/c1-13-14(2)19(9-8-17(13)20(27)33)30-22-29-12-18(23(24,25)26)21(31-22)28-11-15-6-5-7-16(10-15)32(3)36(4,34)35/h5-10,12H,11H2,1-4H3,(H2,27,33)(H2,28,29,30,31). The summed E-state index contributed by atoms with van der Waals surface area (Å²) in [7, 11) is -2.13. The van der Waals surface area contributed by atoms with Gasteiger partial charge in [-0.2, -0.15) is 18.2 Å². The van der Waals surface area contributed by atoms with Crippen LogP contribution in [0.25, 0.3) is 0 Å². The quantitative estimate of drug-likeness (QED) is 0.408. The van der Waals surface area contributed by atoms with E-state index < -0.39 is 33.5 Å². The first-order valence-corrected chi connectivity index (χ1v) is 12.4. The molecule has 1 heterocycles. The second kappa shape index (κ2) is 10.0. The van der Waals surface area contributed by atoms with E-state index in [0.29, 0.717) is 39.8 Å². The maximum absolute atomic E-state index is 13.6. The molecule has 1 amide bonds. The van der Waals surface area contributed by atoms with E-state index in [-0.39, 0.29) is 12.5 Å². The van der Waals surface area contributed by atoms with Crippen LogP contribution in [-0.4, -0.2) is 37.6 Å². The summed E-state index contributed by atoms with van der Waals surface area (Å²) in [5.41, 5.74) is 7.32. The van der Waals surface area contributed by atoms with Crippen molar-refractivity contribution in [2.45, 2.75) is 26.6 Å². The molecular weight excluding hydrogens is 497 g/mol. The molecule has 1 aromatic heterocycles. The predicted octanol–water partition coefficient (Wildman–Crippen LogP) is 3.96. The normalized spacial score (nSPS) is 11.8. The van der Waals surface area contributed by atoms with Crippen molar-refractivity contribution in [3.05, 3.63) is 70.4 Å². The van der Waals surface area contributed by atoms with Crippen LogP contribution in [0.4, 0.5) is 36.3 Å². The number of carbonyl (C=O) groups is 1. The van der Waals surface area contributed by atoms with Crippen molar-refractivity contribution in [3.8, 4) is 0 Å². The zero-order chi connectivity index (χ0) is 26.8. The molecule has 0 fully saturated rings. The lowest BCUT2D eigenvalue weighted by Crippen LogP contribution is -2.24. The number of primary amides is 1. The fourth-order valence-electron chi connectivity index (χ4n) is 3.37. The number of amides is 1. The largest absolute Gasteiger partial charge is 0.421 e. The van der Waals surface area contributed by atoms with Crippen molar-refractivity contribution < 1.29 is 26.4 Å². The average molecular weight is 523 g/mol. The molecule has 192 valence electrons. The summed E-state index contributed by atoms with van der Waals surface area (Å²) in [6, 6.07) is 9.45. The van der Waals surface area contributed by atoms with E-state index in [2.05, 4.69) is 20.6 Å². The SMILES string of the molecule is Cc1c(Nc2ncc(C(F)(F)F)c(NCc3cccc(N(C)S(C)(=O)=O)c3)n2)ccc(C(N)=O)c1C. The maximum Gasteiger partial charge on any atom is 0.421 e. The molecule has 0 atom stereocenters. The van der Waals surface area contributed by atoms with Gasteiger partial charge < -0.3 is 16.4 Å². The number of halogens is 3. The number of hydrogen-bond donors (Lipinski definition) is 3. The summed E-state index contributed by atoms with van der Waals surface area (Å²) < 4.78 is 65.5. The van der Waals surface area contributed by atoms with Gasteiger partial charge in [0.2, 0.25) is 21.9 Å². The number of sulfonamides is 1. The van der Waals surface area contributed by atoms with Crippen molar-refractivity contribution in [3.63, 3.8) is 0 Å². The molecule has 2 aromatic carbocycles. The van der Waals surface area contributed by atoms with Gasteiger partial charge in [-0.15, -0.1) is 0 Å². The number of hydrogen-bond acceptors (Lipinski definition) is 7. The van der Waals surface area contributed by atoms with Gasteiger partial charge >= 0.3 is 6.18 Å². The second-order valence-corrected chi connectivity index (χ2v) is 10.1. The third kappa shape index (κ3) is 6.03. The number of benzene rings is 2. The number of aromatic nitrogens is 2. The Morgan fingerprint density at radius 3 is 2.44 bits per heavy atom. The van der Waals surface area contributed by atoms with E-state index in [9.17, 15) is 26.4 Å². The molecule has 0 radical (unpaired) electrons. The molecule has 0 saturated heterocycles. The number of carbonyl (C=O) groups excluding carboxylic acids is 1. The minimum Gasteiger partial charge on any atom is -0.366 e. The zero-order valence-corrected chi connectivity index (χ0v) is 20.8. The molecule has 9 nitrogen and oxygen atoms in total. The lowest BCUT2D eigenvalue weighted by atomic mass is 10.0. The van der Waals surface area contributed by atoms with E-state index in [1.165, 1.54) is 13.1 Å². The Bertz CT molecular complexity index is 1410. The highest BCUT2D eigenvalue weighted by atomic mass is 32.2. The van der Waals surface area contributed by atoms with Crippen LogP contribution in [0.3, 0.4) is 0 Å². The van der Waals surface area contributed by atoms with Gasteiger partial charge in [0, 0.05) is 31.0 Å². The molecule has 3 aromatic rings. The number of nitrogens with one attached hydrogen (secondary N) is 2. The smallest absolute Gasteiger partial charge is 0.366 e. The summed E-state index contributed by atoms with van der Waals surface area (Å²) >= 11 is 0. The molecule has 0 spiro atoms. The first-order chi connectivity index (χ1) is 16.7. The monoisotopic (exact) mass is 522 g/mol. The molecule has 0 aliphatic carbocycles. The van der Waals surface area contributed by atoms with Gasteiger partial charge in [-0.05, 0) is 54.8 Å². The fraction of sp³-hybridized carbons (Fsp3) is 0.261. The Morgan fingerprint density at radius 1 is 1.14 bits per heavy atom. The predicted molar refractivity (Wildman–Crippen MR) is 132 cm³/mol. The highest BCUT2D eigenvalue weighted by Gasteiger charge is 2.35. The Hall–Kier alpha value is -3.87. The molecule has 13 heteroatoms. The summed E-state index contributed by atoms with van der Waals surface area (Å²) in [5, 5.41) is 5.56. The highest BCUT2D eigenvalue weighted by Crippen LogP contribution is 2.35. The first kappa shape index (κ1) is 26.7. The van der Waals surface area contributed by atoms with E-state index in [0.717, 1.165) is 10.6 Å². The lowest BCUT2D eigenvalue weighted by Gasteiger charge is -2.18. The Kier molecular flexibility index (Phi) is 7.43. The van der Waals surface area contributed by atoms with Gasteiger partial charge in [0.25, 0.3) is 0 Å². The summed E-state index contributed by atoms with van der Waals surface area (Å²) in [6.07, 6.45) is -2.99. The van der Waals surface area contributed by atoms with E-state index in [4.69, 9.17) is 5.73 Å². The molecule has 0 unspecified atom stereocenters. The Morgan fingerprint density at radius 2 is 1.83 bits per heavy atom. The molecule has 3 rings (SSSR count). The van der Waals surface area contributed by atoms with E-state index in [1.807, 2.05) is 0 Å². The molecule has 0 bridgehead atoms. The van der Waals surface area contributed by atoms with Gasteiger partial charge in [0.05, 0.1) is 11.9 Å². The van der Waals surface area contributed by atoms with Crippen LogP contribution < -0.4 is 20.7 Å². The van der Waals surface area contributed by atoms with Crippen LogP contribution in [0.2, 0.25) is 0 Å². The number of rotatable bonds is 8. The van der Waals surface area contributed by atoms with Crippen molar-refractivity contribution in [1.29, 1.82) is 0 Å². The van der Waals surface area contributed by atoms with Crippen LogP contribution in [-0.2, 0) is 22.7 Å². The summed E-state index contributed by atoms with van der Waals surface area (Å²) in [6.45, 7) is 3.38. The Balaban J connectivity index is 1.90. The maximum atomic E-state index is 13.6. The zero-order valence-electron chi connectivity index (χ0n) is 19.9. The van der Waals surface area contributed by atoms with Crippen LogP contribution in [0.5, 0.6) is 0 Å². The van der Waals surface area contributed by atoms with Crippen LogP contribution in [0, 0.1) is 13.8 Å². The van der Waals surface area contributed by atoms with E-state index in [1.54, 1.807) is 44.2 Å². The van der Waals surface area contributed by atoms with Crippen LogP contribution in [0.1, 0.15) is 32.6 Å². The molecule has 36 heavy (non-hydrogen) atoms. The second-order valence-electron chi connectivity index (χ2n) is 8.11. The van der Waals surface area contributed by atoms with Crippen LogP contribution >= 0.6 is 0 Å². The number of nitrogens with zero attached hydrogens (tertiary/aromatic N) is 3. The van der Waals surface area contributed by atoms with Gasteiger partial charge in [0.1, 0.15) is 11.4 Å². The van der Waals surface area contributed by atoms with Crippen molar-refractivity contribution in [2.75, 3.05) is 28.2 Å². The number of anilines is 4.